The smallest absolute Gasteiger partial charge is 0.0913 e. The van der Waals surface area contributed by atoms with Gasteiger partial charge in [-0.15, -0.1) is 0 Å². The molecule has 1 heterocycles. The third-order valence-electron chi connectivity index (χ3n) is 2.63. The molecule has 2 aromatic rings. The largest absolute Gasteiger partial charge is 0.398 e. The zero-order chi connectivity index (χ0) is 12.8. The summed E-state index contributed by atoms with van der Waals surface area (Å²) in [5.74, 6) is 0. The van der Waals surface area contributed by atoms with Crippen LogP contribution in [0, 0.1) is 0 Å². The maximum atomic E-state index is 6.21. The van der Waals surface area contributed by atoms with Crippen molar-refractivity contribution in [3.8, 4) is 0 Å². The van der Waals surface area contributed by atoms with E-state index in [0.717, 1.165) is 21.1 Å². The zero-order valence-electron chi connectivity index (χ0n) is 10.0. The van der Waals surface area contributed by atoms with Crippen LogP contribution in [-0.4, -0.2) is 4.98 Å². The number of halogens is 2. The van der Waals surface area contributed by atoms with Crippen molar-refractivity contribution in [1.82, 2.24) is 4.98 Å². The van der Waals surface area contributed by atoms with Gasteiger partial charge in [-0.2, -0.15) is 0 Å². The molecule has 0 fully saturated rings. The maximum absolute atomic E-state index is 6.21. The van der Waals surface area contributed by atoms with Crippen molar-refractivity contribution in [2.75, 3.05) is 5.73 Å². The first-order valence-electron chi connectivity index (χ1n) is 5.35. The van der Waals surface area contributed by atoms with Crippen molar-refractivity contribution in [3.05, 3.63) is 33.4 Å². The molecule has 4 heteroatoms. The number of anilines is 1. The van der Waals surface area contributed by atoms with Crippen molar-refractivity contribution in [2.24, 2.45) is 0 Å². The highest BCUT2D eigenvalue weighted by Gasteiger charge is 2.18. The Hall–Kier alpha value is -0.800. The van der Waals surface area contributed by atoms with E-state index in [1.165, 1.54) is 0 Å². The SMILES string of the molecule is CC(C)(C)c1cc(N)c2cc(Br)cc(Cl)c2n1. The summed E-state index contributed by atoms with van der Waals surface area (Å²) in [6.45, 7) is 6.31. The molecule has 0 radical (unpaired) electrons. The number of nitrogens with two attached hydrogens (primary N) is 1. The first-order chi connectivity index (χ1) is 7.79. The summed E-state index contributed by atoms with van der Waals surface area (Å²) in [6, 6.07) is 5.70. The summed E-state index contributed by atoms with van der Waals surface area (Å²) in [6.07, 6.45) is 0. The summed E-state index contributed by atoms with van der Waals surface area (Å²) < 4.78 is 0.909. The molecule has 2 nitrogen and oxygen atoms in total. The number of nitrogens with zero attached hydrogens (tertiary/aromatic N) is 1. The van der Waals surface area contributed by atoms with Gasteiger partial charge in [0.05, 0.1) is 10.5 Å². The van der Waals surface area contributed by atoms with Crippen molar-refractivity contribution in [2.45, 2.75) is 26.2 Å². The lowest BCUT2D eigenvalue weighted by Gasteiger charge is -2.19. The summed E-state index contributed by atoms with van der Waals surface area (Å²) in [7, 11) is 0. The predicted molar refractivity (Wildman–Crippen MR) is 77.6 cm³/mol. The lowest BCUT2D eigenvalue weighted by atomic mass is 9.91. The third kappa shape index (κ3) is 2.40. The van der Waals surface area contributed by atoms with Crippen molar-refractivity contribution in [1.29, 1.82) is 0 Å². The fourth-order valence-electron chi connectivity index (χ4n) is 1.66. The lowest BCUT2D eigenvalue weighted by molar-refractivity contribution is 0.572. The van der Waals surface area contributed by atoms with E-state index in [0.29, 0.717) is 10.7 Å². The van der Waals surface area contributed by atoms with Gasteiger partial charge >= 0.3 is 0 Å². The standard InChI is InChI=1S/C13H14BrClN2/c1-13(2,3)11-6-10(16)8-4-7(14)5-9(15)12(8)17-11/h4-6H,1-3H3,(H2,16,17). The molecule has 17 heavy (non-hydrogen) atoms. The third-order valence-corrected chi connectivity index (χ3v) is 3.38. The van der Waals surface area contributed by atoms with Crippen LogP contribution < -0.4 is 5.73 Å². The Morgan fingerprint density at radius 3 is 2.47 bits per heavy atom. The van der Waals surface area contributed by atoms with Gasteiger partial charge in [-0.25, -0.2) is 0 Å². The number of aromatic nitrogens is 1. The van der Waals surface area contributed by atoms with Crippen LogP contribution in [0.4, 0.5) is 5.69 Å². The zero-order valence-corrected chi connectivity index (χ0v) is 12.4. The lowest BCUT2D eigenvalue weighted by Crippen LogP contribution is -2.14. The van der Waals surface area contributed by atoms with Gasteiger partial charge < -0.3 is 5.73 Å². The van der Waals surface area contributed by atoms with E-state index < -0.39 is 0 Å². The molecule has 1 aromatic heterocycles. The van der Waals surface area contributed by atoms with E-state index in [1.807, 2.05) is 18.2 Å². The average Bonchev–Trinajstić information content (AvgIpc) is 2.17. The van der Waals surface area contributed by atoms with Crippen LogP contribution in [0.1, 0.15) is 26.5 Å². The second-order valence-electron chi connectivity index (χ2n) is 5.13. The Balaban J connectivity index is 2.83. The van der Waals surface area contributed by atoms with Gasteiger partial charge in [0, 0.05) is 26.7 Å². The topological polar surface area (TPSA) is 38.9 Å². The van der Waals surface area contributed by atoms with Crippen LogP contribution in [0.25, 0.3) is 10.9 Å². The summed E-state index contributed by atoms with van der Waals surface area (Å²) in [5, 5.41) is 1.50. The number of hydrogen-bond acceptors (Lipinski definition) is 2. The molecule has 90 valence electrons. The van der Waals surface area contributed by atoms with Crippen LogP contribution in [0.5, 0.6) is 0 Å². The van der Waals surface area contributed by atoms with Crippen molar-refractivity contribution >= 4 is 44.1 Å². The Labute approximate surface area is 114 Å². The molecular formula is C13H14BrClN2. The molecule has 0 aliphatic heterocycles. The quantitative estimate of drug-likeness (QED) is 0.776. The highest BCUT2D eigenvalue weighted by molar-refractivity contribution is 9.10. The molecule has 1 aromatic carbocycles. The number of rotatable bonds is 0. The van der Waals surface area contributed by atoms with E-state index >= 15 is 0 Å². The molecule has 0 aliphatic rings. The second kappa shape index (κ2) is 4.14. The van der Waals surface area contributed by atoms with Crippen LogP contribution in [-0.2, 0) is 5.41 Å². The van der Waals surface area contributed by atoms with Gasteiger partial charge in [0.2, 0.25) is 0 Å². The first kappa shape index (κ1) is 12.7. The molecule has 2 rings (SSSR count). The van der Waals surface area contributed by atoms with E-state index in [2.05, 4.69) is 41.7 Å². The summed E-state index contributed by atoms with van der Waals surface area (Å²) in [4.78, 5) is 4.62. The van der Waals surface area contributed by atoms with Gasteiger partial charge in [0.15, 0.2) is 0 Å². The van der Waals surface area contributed by atoms with Crippen LogP contribution in [0.2, 0.25) is 5.02 Å². The Morgan fingerprint density at radius 1 is 1.24 bits per heavy atom. The monoisotopic (exact) mass is 312 g/mol. The van der Waals surface area contributed by atoms with Gasteiger partial charge in [0.1, 0.15) is 0 Å². The van der Waals surface area contributed by atoms with Gasteiger partial charge in [0.25, 0.3) is 0 Å². The van der Waals surface area contributed by atoms with Crippen molar-refractivity contribution < 1.29 is 0 Å². The Morgan fingerprint density at radius 2 is 1.88 bits per heavy atom. The first-order valence-corrected chi connectivity index (χ1v) is 6.52. The Kier molecular flexibility index (Phi) is 3.08. The van der Waals surface area contributed by atoms with Gasteiger partial charge in [-0.1, -0.05) is 48.3 Å². The van der Waals surface area contributed by atoms with Gasteiger partial charge in [-0.3, -0.25) is 4.98 Å². The van der Waals surface area contributed by atoms with Gasteiger partial charge in [-0.05, 0) is 18.2 Å². The van der Waals surface area contributed by atoms with Crippen LogP contribution in [0.3, 0.4) is 0 Å². The maximum Gasteiger partial charge on any atom is 0.0913 e. The second-order valence-corrected chi connectivity index (χ2v) is 6.45. The van der Waals surface area contributed by atoms with Crippen molar-refractivity contribution in [3.63, 3.8) is 0 Å². The minimum Gasteiger partial charge on any atom is -0.398 e. The molecule has 0 unspecified atom stereocenters. The number of nitrogen functional groups attached to an aromatic ring is 1. The highest BCUT2D eigenvalue weighted by Crippen LogP contribution is 2.33. The molecule has 0 saturated heterocycles. The summed E-state index contributed by atoms with van der Waals surface area (Å²) >= 11 is 9.62. The number of benzene rings is 1. The van der Waals surface area contributed by atoms with E-state index in [4.69, 9.17) is 17.3 Å². The van der Waals surface area contributed by atoms with Crippen LogP contribution >= 0.6 is 27.5 Å². The van der Waals surface area contributed by atoms with E-state index in [1.54, 1.807) is 0 Å². The molecular weight excluding hydrogens is 300 g/mol. The van der Waals surface area contributed by atoms with E-state index in [-0.39, 0.29) is 5.41 Å². The highest BCUT2D eigenvalue weighted by atomic mass is 79.9. The average molecular weight is 314 g/mol. The molecule has 0 spiro atoms. The predicted octanol–water partition coefficient (Wildman–Crippen LogP) is 4.53. The number of pyridine rings is 1. The number of fused-ring (bicyclic) bond motifs is 1. The molecule has 0 saturated carbocycles. The minimum absolute atomic E-state index is 0.0429. The fourth-order valence-corrected chi connectivity index (χ4v) is 2.51. The molecule has 0 aliphatic carbocycles. The molecule has 0 amide bonds. The molecule has 0 bridgehead atoms. The summed E-state index contributed by atoms with van der Waals surface area (Å²) in [5.41, 5.74) is 8.45. The van der Waals surface area contributed by atoms with E-state index in [9.17, 15) is 0 Å². The molecule has 0 atom stereocenters. The normalized spacial score (nSPS) is 12.1. The Bertz CT molecular complexity index is 588. The minimum atomic E-state index is -0.0429. The van der Waals surface area contributed by atoms with Crippen LogP contribution in [0.15, 0.2) is 22.7 Å². The molecule has 2 N–H and O–H groups in total. The fraction of sp³-hybridized carbons (Fsp3) is 0.308. The number of hydrogen-bond donors (Lipinski definition) is 1.